The van der Waals surface area contributed by atoms with Gasteiger partial charge in [0.1, 0.15) is 0 Å². The van der Waals surface area contributed by atoms with Gasteiger partial charge in [0.25, 0.3) is 0 Å². The number of nitrogens with two attached hydrogens (primary N) is 1. The number of hydrogen-bond donors (Lipinski definition) is 1. The second-order valence-electron chi connectivity index (χ2n) is 4.41. The summed E-state index contributed by atoms with van der Waals surface area (Å²) in [5.74, 6) is 0.146. The van der Waals surface area contributed by atoms with Crippen LogP contribution in [0, 0.1) is 0 Å². The summed E-state index contributed by atoms with van der Waals surface area (Å²) in [6.45, 7) is 0.517. The quantitative estimate of drug-likeness (QED) is 0.850. The van der Waals surface area contributed by atoms with Crippen LogP contribution < -0.4 is 5.73 Å². The van der Waals surface area contributed by atoms with Crippen molar-refractivity contribution in [3.05, 3.63) is 68.7 Å². The highest BCUT2D eigenvalue weighted by atomic mass is 35.5. The minimum absolute atomic E-state index is 0.146. The molecule has 0 bridgehead atoms. The molecule has 1 unspecified atom stereocenters. The molecule has 0 amide bonds. The van der Waals surface area contributed by atoms with E-state index in [1.54, 1.807) is 6.07 Å². The Morgan fingerprint density at radius 2 is 1.63 bits per heavy atom. The molecule has 0 aliphatic heterocycles. The van der Waals surface area contributed by atoms with Crippen LogP contribution in [0.25, 0.3) is 0 Å². The van der Waals surface area contributed by atoms with Gasteiger partial charge in [-0.3, -0.25) is 0 Å². The zero-order chi connectivity index (χ0) is 13.8. The molecule has 0 saturated heterocycles. The average Bonchev–Trinajstić information content (AvgIpc) is 2.42. The molecular weight excluding hydrogens is 301 g/mol. The van der Waals surface area contributed by atoms with Crippen molar-refractivity contribution >= 4 is 34.8 Å². The molecule has 0 aliphatic carbocycles. The second-order valence-corrected chi connectivity index (χ2v) is 5.63. The highest BCUT2D eigenvalue weighted by molar-refractivity contribution is 6.42. The van der Waals surface area contributed by atoms with Gasteiger partial charge in [0, 0.05) is 10.9 Å². The van der Waals surface area contributed by atoms with Gasteiger partial charge in [-0.1, -0.05) is 59.1 Å². The van der Waals surface area contributed by atoms with Gasteiger partial charge in [0.05, 0.1) is 10.0 Å². The van der Waals surface area contributed by atoms with Gasteiger partial charge in [-0.05, 0) is 42.3 Å². The van der Waals surface area contributed by atoms with Crippen molar-refractivity contribution in [2.45, 2.75) is 12.3 Å². The van der Waals surface area contributed by atoms with E-state index in [1.807, 2.05) is 36.4 Å². The van der Waals surface area contributed by atoms with E-state index in [2.05, 4.69) is 0 Å². The molecule has 2 aromatic carbocycles. The van der Waals surface area contributed by atoms with E-state index in [1.165, 1.54) is 5.56 Å². The summed E-state index contributed by atoms with van der Waals surface area (Å²) in [5, 5.41) is 1.89. The number of halogens is 3. The standard InChI is InChI=1S/C15H14Cl3N/c16-12-6-4-10(5-7-12)8-11(9-19)13-2-1-3-14(17)15(13)18/h1-7,11H,8-9,19H2. The third kappa shape index (κ3) is 3.64. The van der Waals surface area contributed by atoms with E-state index in [0.717, 1.165) is 17.0 Å². The summed E-state index contributed by atoms with van der Waals surface area (Å²) in [7, 11) is 0. The number of rotatable bonds is 4. The van der Waals surface area contributed by atoms with E-state index in [0.29, 0.717) is 16.6 Å². The Morgan fingerprint density at radius 3 is 2.26 bits per heavy atom. The summed E-state index contributed by atoms with van der Waals surface area (Å²) < 4.78 is 0. The summed E-state index contributed by atoms with van der Waals surface area (Å²) in [6, 6.07) is 13.4. The van der Waals surface area contributed by atoms with Crippen LogP contribution in [0.3, 0.4) is 0 Å². The molecular formula is C15H14Cl3N. The lowest BCUT2D eigenvalue weighted by Gasteiger charge is -2.17. The van der Waals surface area contributed by atoms with Crippen LogP contribution in [-0.4, -0.2) is 6.54 Å². The van der Waals surface area contributed by atoms with Crippen molar-refractivity contribution in [2.75, 3.05) is 6.54 Å². The van der Waals surface area contributed by atoms with Crippen LogP contribution in [0.4, 0.5) is 0 Å². The molecule has 0 saturated carbocycles. The highest BCUT2D eigenvalue weighted by Gasteiger charge is 2.15. The minimum Gasteiger partial charge on any atom is -0.330 e. The van der Waals surface area contributed by atoms with Crippen LogP contribution in [0.5, 0.6) is 0 Å². The van der Waals surface area contributed by atoms with Gasteiger partial charge in [-0.15, -0.1) is 0 Å². The first-order valence-corrected chi connectivity index (χ1v) is 7.13. The monoisotopic (exact) mass is 313 g/mol. The topological polar surface area (TPSA) is 26.0 Å². The van der Waals surface area contributed by atoms with Crippen molar-refractivity contribution in [3.63, 3.8) is 0 Å². The van der Waals surface area contributed by atoms with Gasteiger partial charge in [-0.25, -0.2) is 0 Å². The summed E-state index contributed by atoms with van der Waals surface area (Å²) in [4.78, 5) is 0. The average molecular weight is 315 g/mol. The maximum absolute atomic E-state index is 6.25. The van der Waals surface area contributed by atoms with E-state index >= 15 is 0 Å². The SMILES string of the molecule is NCC(Cc1ccc(Cl)cc1)c1cccc(Cl)c1Cl. The molecule has 1 atom stereocenters. The molecule has 1 nitrogen and oxygen atoms in total. The van der Waals surface area contributed by atoms with Gasteiger partial charge >= 0.3 is 0 Å². The predicted octanol–water partition coefficient (Wildman–Crippen LogP) is 4.93. The van der Waals surface area contributed by atoms with Crippen LogP contribution in [0.2, 0.25) is 15.1 Å². The van der Waals surface area contributed by atoms with E-state index in [-0.39, 0.29) is 5.92 Å². The van der Waals surface area contributed by atoms with Crippen LogP contribution in [0.1, 0.15) is 17.0 Å². The molecule has 2 N–H and O–H groups in total. The van der Waals surface area contributed by atoms with Crippen molar-refractivity contribution in [2.24, 2.45) is 5.73 Å². The van der Waals surface area contributed by atoms with Gasteiger partial charge in [-0.2, -0.15) is 0 Å². The highest BCUT2D eigenvalue weighted by Crippen LogP contribution is 2.32. The first-order chi connectivity index (χ1) is 9.11. The normalized spacial score (nSPS) is 12.4. The molecule has 4 heteroatoms. The Kier molecular flexibility index (Phi) is 5.12. The van der Waals surface area contributed by atoms with Crippen molar-refractivity contribution < 1.29 is 0 Å². The van der Waals surface area contributed by atoms with Crippen molar-refractivity contribution in [1.29, 1.82) is 0 Å². The predicted molar refractivity (Wildman–Crippen MR) is 83.4 cm³/mol. The Labute approximate surface area is 128 Å². The molecule has 0 aromatic heterocycles. The fourth-order valence-electron chi connectivity index (χ4n) is 2.06. The molecule has 2 aromatic rings. The lowest BCUT2D eigenvalue weighted by Crippen LogP contribution is -2.15. The maximum atomic E-state index is 6.25. The first-order valence-electron chi connectivity index (χ1n) is 6.00. The van der Waals surface area contributed by atoms with Crippen molar-refractivity contribution in [3.8, 4) is 0 Å². The summed E-state index contributed by atoms with van der Waals surface area (Å²) >= 11 is 18.2. The molecule has 100 valence electrons. The molecule has 2 rings (SSSR count). The van der Waals surface area contributed by atoms with Crippen molar-refractivity contribution in [1.82, 2.24) is 0 Å². The zero-order valence-corrected chi connectivity index (χ0v) is 12.5. The minimum atomic E-state index is 0.146. The van der Waals surface area contributed by atoms with E-state index in [9.17, 15) is 0 Å². The second kappa shape index (κ2) is 6.62. The number of hydrogen-bond acceptors (Lipinski definition) is 1. The number of benzene rings is 2. The lowest BCUT2D eigenvalue weighted by atomic mass is 9.92. The third-order valence-electron chi connectivity index (χ3n) is 3.10. The lowest BCUT2D eigenvalue weighted by molar-refractivity contribution is 0.694. The van der Waals surface area contributed by atoms with Gasteiger partial charge in [0.2, 0.25) is 0 Å². The smallest absolute Gasteiger partial charge is 0.0627 e. The third-order valence-corrected chi connectivity index (χ3v) is 4.19. The fraction of sp³-hybridized carbons (Fsp3) is 0.200. The summed E-state index contributed by atoms with van der Waals surface area (Å²) in [6.07, 6.45) is 0.813. The summed E-state index contributed by atoms with van der Waals surface area (Å²) in [5.41, 5.74) is 8.04. The Bertz CT molecular complexity index is 552. The molecule has 0 radical (unpaired) electrons. The van der Waals surface area contributed by atoms with Gasteiger partial charge in [0.15, 0.2) is 0 Å². The Morgan fingerprint density at radius 1 is 0.947 bits per heavy atom. The Balaban J connectivity index is 2.25. The van der Waals surface area contributed by atoms with Crippen LogP contribution in [0.15, 0.2) is 42.5 Å². The van der Waals surface area contributed by atoms with Gasteiger partial charge < -0.3 is 5.73 Å². The zero-order valence-electron chi connectivity index (χ0n) is 10.2. The maximum Gasteiger partial charge on any atom is 0.0627 e. The van der Waals surface area contributed by atoms with Crippen LogP contribution >= 0.6 is 34.8 Å². The van der Waals surface area contributed by atoms with Crippen LogP contribution in [-0.2, 0) is 6.42 Å². The largest absolute Gasteiger partial charge is 0.330 e. The van der Waals surface area contributed by atoms with E-state index < -0.39 is 0 Å². The molecule has 0 fully saturated rings. The molecule has 0 aliphatic rings. The molecule has 19 heavy (non-hydrogen) atoms. The van der Waals surface area contributed by atoms with E-state index in [4.69, 9.17) is 40.5 Å². The fourth-order valence-corrected chi connectivity index (χ4v) is 2.65. The molecule has 0 spiro atoms. The molecule has 0 heterocycles. The first kappa shape index (κ1) is 14.7. The Hall–Kier alpha value is -0.730.